The highest BCUT2D eigenvalue weighted by molar-refractivity contribution is 9.10. The molecule has 2 rings (SSSR count). The Morgan fingerprint density at radius 1 is 1.44 bits per heavy atom. The van der Waals surface area contributed by atoms with Crippen LogP contribution in [0.25, 0.3) is 11.4 Å². The largest absolute Gasteiger partial charge is 0.481 e. The molecule has 0 bridgehead atoms. The van der Waals surface area contributed by atoms with E-state index in [0.29, 0.717) is 10.8 Å². The third-order valence-electron chi connectivity index (χ3n) is 2.19. The Balaban J connectivity index is 2.33. The Hall–Kier alpha value is -1.47. The predicted molar refractivity (Wildman–Crippen MR) is 68.2 cm³/mol. The van der Waals surface area contributed by atoms with Gasteiger partial charge in [-0.05, 0) is 28.6 Å². The summed E-state index contributed by atoms with van der Waals surface area (Å²) in [6, 6.07) is 5.28. The molecule has 0 saturated heterocycles. The lowest BCUT2D eigenvalue weighted by atomic mass is 10.2. The Morgan fingerprint density at radius 2 is 2.22 bits per heavy atom. The summed E-state index contributed by atoms with van der Waals surface area (Å²) < 4.78 is 2.24. The number of carbonyl (C=O) groups is 1. The zero-order valence-electron chi connectivity index (χ0n) is 9.05. The summed E-state index contributed by atoms with van der Waals surface area (Å²) in [5, 5.41) is 20.4. The molecule has 0 aliphatic carbocycles. The number of halogens is 2. The number of hydrogen-bond acceptors (Lipinski definition) is 4. The van der Waals surface area contributed by atoms with Crippen LogP contribution in [0.5, 0.6) is 0 Å². The van der Waals surface area contributed by atoms with Gasteiger partial charge in [-0.15, -0.1) is 5.10 Å². The van der Waals surface area contributed by atoms with Gasteiger partial charge < -0.3 is 5.11 Å². The zero-order valence-corrected chi connectivity index (χ0v) is 11.4. The zero-order chi connectivity index (χ0) is 13.1. The molecule has 0 aliphatic rings. The van der Waals surface area contributed by atoms with Crippen molar-refractivity contribution in [2.75, 3.05) is 0 Å². The lowest BCUT2D eigenvalue weighted by Crippen LogP contribution is -2.07. The van der Waals surface area contributed by atoms with Gasteiger partial charge in [-0.2, -0.15) is 0 Å². The fourth-order valence-electron chi connectivity index (χ4n) is 1.45. The van der Waals surface area contributed by atoms with Crippen molar-refractivity contribution < 1.29 is 9.90 Å². The molecular weight excluding hydrogens is 323 g/mol. The molecule has 0 aliphatic heterocycles. The van der Waals surface area contributed by atoms with Gasteiger partial charge in [0.25, 0.3) is 0 Å². The molecule has 0 saturated carbocycles. The number of aryl methyl sites for hydroxylation is 1. The van der Waals surface area contributed by atoms with Gasteiger partial charge in [0.2, 0.25) is 0 Å². The molecule has 1 heterocycles. The second kappa shape index (κ2) is 5.45. The number of hydrogen-bond donors (Lipinski definition) is 1. The predicted octanol–water partition coefficient (Wildman–Crippen LogP) is 2.23. The van der Waals surface area contributed by atoms with E-state index in [2.05, 4.69) is 31.5 Å². The van der Waals surface area contributed by atoms with Gasteiger partial charge >= 0.3 is 5.97 Å². The van der Waals surface area contributed by atoms with Crippen LogP contribution in [0.1, 0.15) is 6.42 Å². The second-order valence-corrected chi connectivity index (χ2v) is 4.88. The highest BCUT2D eigenvalue weighted by Crippen LogP contribution is 2.25. The van der Waals surface area contributed by atoms with Crippen molar-refractivity contribution in [1.82, 2.24) is 20.2 Å². The highest BCUT2D eigenvalue weighted by Gasteiger charge is 2.11. The van der Waals surface area contributed by atoms with E-state index in [9.17, 15) is 4.79 Å². The molecular formula is C10H8BrClN4O2. The molecule has 0 fully saturated rings. The number of benzene rings is 1. The first-order chi connectivity index (χ1) is 8.56. The van der Waals surface area contributed by atoms with Gasteiger partial charge in [-0.25, -0.2) is 4.68 Å². The van der Waals surface area contributed by atoms with Crippen LogP contribution in [0.2, 0.25) is 5.02 Å². The Morgan fingerprint density at radius 3 is 2.89 bits per heavy atom. The lowest BCUT2D eigenvalue weighted by Gasteiger charge is -2.04. The fourth-order valence-corrected chi connectivity index (χ4v) is 2.31. The monoisotopic (exact) mass is 330 g/mol. The second-order valence-electron chi connectivity index (χ2n) is 3.53. The number of aromatic nitrogens is 4. The van der Waals surface area contributed by atoms with Crippen molar-refractivity contribution in [1.29, 1.82) is 0 Å². The molecule has 6 nitrogen and oxygen atoms in total. The summed E-state index contributed by atoms with van der Waals surface area (Å²) in [5.74, 6) is -0.414. The van der Waals surface area contributed by atoms with Crippen LogP contribution in [0.4, 0.5) is 0 Å². The number of tetrazole rings is 1. The Bertz CT molecular complexity index is 567. The van der Waals surface area contributed by atoms with Gasteiger partial charge in [-0.1, -0.05) is 27.5 Å². The molecule has 1 aromatic heterocycles. The fraction of sp³-hybridized carbons (Fsp3) is 0.200. The maximum Gasteiger partial charge on any atom is 0.305 e. The van der Waals surface area contributed by atoms with Crippen molar-refractivity contribution >= 4 is 33.5 Å². The summed E-state index contributed by atoms with van der Waals surface area (Å²) in [4.78, 5) is 10.5. The molecule has 1 N–H and O–H groups in total. The average Bonchev–Trinajstić information content (AvgIpc) is 2.72. The smallest absolute Gasteiger partial charge is 0.305 e. The van der Waals surface area contributed by atoms with Crippen molar-refractivity contribution in [3.05, 3.63) is 27.7 Å². The lowest BCUT2D eigenvalue weighted by molar-refractivity contribution is -0.137. The van der Waals surface area contributed by atoms with Crippen LogP contribution in [-0.4, -0.2) is 31.3 Å². The molecule has 8 heteroatoms. The van der Waals surface area contributed by atoms with E-state index in [0.717, 1.165) is 10.0 Å². The number of carboxylic acid groups (broad SMARTS) is 1. The minimum absolute atomic E-state index is 0.0419. The normalized spacial score (nSPS) is 10.6. The van der Waals surface area contributed by atoms with Crippen molar-refractivity contribution in [3.63, 3.8) is 0 Å². The summed E-state index contributed by atoms with van der Waals surface area (Å²) in [7, 11) is 0. The van der Waals surface area contributed by atoms with Crippen LogP contribution in [0.15, 0.2) is 22.7 Å². The van der Waals surface area contributed by atoms with Crippen LogP contribution in [0, 0.1) is 0 Å². The maximum atomic E-state index is 10.5. The third kappa shape index (κ3) is 3.05. The molecule has 0 atom stereocenters. The van der Waals surface area contributed by atoms with E-state index in [1.165, 1.54) is 4.68 Å². The van der Waals surface area contributed by atoms with Crippen molar-refractivity contribution in [3.8, 4) is 11.4 Å². The molecule has 0 radical (unpaired) electrons. The number of nitrogens with zero attached hydrogens (tertiary/aromatic N) is 4. The summed E-state index contributed by atoms with van der Waals surface area (Å²) in [6.07, 6.45) is -0.0419. The van der Waals surface area contributed by atoms with Crippen molar-refractivity contribution in [2.24, 2.45) is 0 Å². The van der Waals surface area contributed by atoms with Gasteiger partial charge in [0.15, 0.2) is 5.82 Å². The minimum Gasteiger partial charge on any atom is -0.481 e. The summed E-state index contributed by atoms with van der Waals surface area (Å²) >= 11 is 9.27. The highest BCUT2D eigenvalue weighted by atomic mass is 79.9. The number of aliphatic carboxylic acids is 1. The van der Waals surface area contributed by atoms with Gasteiger partial charge in [0.05, 0.1) is 13.0 Å². The Kier molecular flexibility index (Phi) is 3.93. The molecule has 1 aromatic carbocycles. The van der Waals surface area contributed by atoms with Crippen molar-refractivity contribution in [2.45, 2.75) is 13.0 Å². The van der Waals surface area contributed by atoms with Gasteiger partial charge in [0, 0.05) is 15.1 Å². The molecule has 18 heavy (non-hydrogen) atoms. The van der Waals surface area contributed by atoms with Gasteiger partial charge in [0.1, 0.15) is 0 Å². The SMILES string of the molecule is O=C(O)CCn1nnnc1-c1cc(Cl)cc(Br)c1. The number of rotatable bonds is 4. The standard InChI is InChI=1S/C10H8BrClN4O2/c11-7-3-6(4-8(12)5-7)10-13-14-15-16(10)2-1-9(17)18/h3-5H,1-2H2,(H,17,18). The molecule has 0 unspecified atom stereocenters. The topological polar surface area (TPSA) is 80.9 Å². The maximum absolute atomic E-state index is 10.5. The van der Waals surface area contributed by atoms with Crippen LogP contribution in [0.3, 0.4) is 0 Å². The molecule has 0 spiro atoms. The first-order valence-corrected chi connectivity index (χ1v) is 6.18. The van der Waals surface area contributed by atoms with E-state index in [-0.39, 0.29) is 13.0 Å². The average molecular weight is 332 g/mol. The summed E-state index contributed by atoms with van der Waals surface area (Å²) in [6.45, 7) is 0.210. The van der Waals surface area contributed by atoms with E-state index in [1.807, 2.05) is 6.07 Å². The first-order valence-electron chi connectivity index (χ1n) is 5.00. The van der Waals surface area contributed by atoms with Crippen LogP contribution >= 0.6 is 27.5 Å². The van der Waals surface area contributed by atoms with E-state index in [1.54, 1.807) is 12.1 Å². The summed E-state index contributed by atoms with van der Waals surface area (Å²) in [5.41, 5.74) is 0.727. The molecule has 94 valence electrons. The molecule has 2 aromatic rings. The minimum atomic E-state index is -0.899. The number of carboxylic acids is 1. The quantitative estimate of drug-likeness (QED) is 0.929. The van der Waals surface area contributed by atoms with Crippen LogP contribution < -0.4 is 0 Å². The Labute approximate surface area is 116 Å². The van der Waals surface area contributed by atoms with Gasteiger partial charge in [-0.3, -0.25) is 4.79 Å². The first kappa shape index (κ1) is 13.0. The van der Waals surface area contributed by atoms with E-state index in [4.69, 9.17) is 16.7 Å². The third-order valence-corrected chi connectivity index (χ3v) is 2.87. The van der Waals surface area contributed by atoms with E-state index >= 15 is 0 Å². The van der Waals surface area contributed by atoms with Crippen LogP contribution in [-0.2, 0) is 11.3 Å². The molecule has 0 amide bonds. The van der Waals surface area contributed by atoms with E-state index < -0.39 is 5.97 Å².